The summed E-state index contributed by atoms with van der Waals surface area (Å²) >= 11 is 2.12. The van der Waals surface area contributed by atoms with Gasteiger partial charge in [-0.2, -0.15) is 0 Å². The van der Waals surface area contributed by atoms with Gasteiger partial charge in [0.1, 0.15) is 0 Å². The molecule has 0 aliphatic rings. The van der Waals surface area contributed by atoms with E-state index in [1.807, 2.05) is 0 Å². The molecule has 3 heteroatoms. The molecule has 0 nitrogen and oxygen atoms in total. The van der Waals surface area contributed by atoms with E-state index in [0.29, 0.717) is 0 Å². The van der Waals surface area contributed by atoms with Gasteiger partial charge in [0.05, 0.1) is 0 Å². The first-order valence-electron chi connectivity index (χ1n) is 4.36. The maximum Gasteiger partial charge on any atom is 0.192 e. The summed E-state index contributed by atoms with van der Waals surface area (Å²) in [6, 6.07) is 0. The average molecular weight is 156 g/mol. The Kier molecular flexibility index (Phi) is 6.50. The van der Waals surface area contributed by atoms with Crippen LogP contribution in [0.15, 0.2) is 0 Å². The quantitative estimate of drug-likeness (QED) is 0.549. The van der Waals surface area contributed by atoms with Gasteiger partial charge in [-0.25, -0.2) is 0 Å². The normalized spacial score (nSPS) is 9.60. The monoisotopic (exact) mass is 156 g/mol. The van der Waals surface area contributed by atoms with Crippen LogP contribution in [0.4, 0.5) is 0 Å². The van der Waals surface area contributed by atoms with Crippen LogP contribution in [0.3, 0.4) is 0 Å². The average Bonchev–Trinajstić information content (AvgIpc) is 1.88. The number of rotatable bonds is 5. The Labute approximate surface area is 70.5 Å². The molecule has 0 atom stereocenters. The van der Waals surface area contributed by atoms with E-state index < -0.39 is 0 Å². The van der Waals surface area contributed by atoms with Crippen molar-refractivity contribution in [3.8, 4) is 0 Å². The van der Waals surface area contributed by atoms with Gasteiger partial charge in [0, 0.05) is 0 Å². The summed E-state index contributed by atoms with van der Waals surface area (Å²) in [5, 5.41) is 0. The van der Waals surface area contributed by atoms with Crippen LogP contribution in [-0.2, 0) is 0 Å². The molecule has 0 unspecified atom stereocenters. The molecule has 0 saturated carbocycles. The molecule has 0 radical (unpaired) electrons. The minimum Gasteiger partial charge on any atom is -0.254 e. The smallest absolute Gasteiger partial charge is 0.192 e. The third-order valence-electron chi connectivity index (χ3n) is 1.73. The summed E-state index contributed by atoms with van der Waals surface area (Å²) in [5.74, 6) is 1.71. The SMILES string of the molecule is CCCB(C)SB(C)CC. The van der Waals surface area contributed by atoms with Gasteiger partial charge in [0.2, 0.25) is 0 Å². The lowest BCUT2D eigenvalue weighted by Crippen LogP contribution is -2.09. The molecule has 0 fully saturated rings. The zero-order chi connectivity index (χ0) is 7.98. The fourth-order valence-corrected chi connectivity index (χ4v) is 2.32. The molecule has 10 heavy (non-hydrogen) atoms. The van der Waals surface area contributed by atoms with E-state index >= 15 is 0 Å². The van der Waals surface area contributed by atoms with Crippen molar-refractivity contribution in [2.24, 2.45) is 0 Å². The molecule has 0 bridgehead atoms. The van der Waals surface area contributed by atoms with Gasteiger partial charge in [-0.05, 0) is 0 Å². The Hall–Kier alpha value is 0.480. The second-order valence-electron chi connectivity index (χ2n) is 2.95. The van der Waals surface area contributed by atoms with Crippen molar-refractivity contribution in [1.82, 2.24) is 0 Å². The van der Waals surface area contributed by atoms with Gasteiger partial charge in [0.15, 0.2) is 12.0 Å². The van der Waals surface area contributed by atoms with Gasteiger partial charge in [0.25, 0.3) is 0 Å². The van der Waals surface area contributed by atoms with Gasteiger partial charge in [-0.1, -0.05) is 46.6 Å². The highest BCUT2D eigenvalue weighted by Gasteiger charge is 2.11. The molecule has 0 aromatic rings. The third-order valence-corrected chi connectivity index (χ3v) is 3.23. The first kappa shape index (κ1) is 10.5. The van der Waals surface area contributed by atoms with E-state index in [4.69, 9.17) is 0 Å². The van der Waals surface area contributed by atoms with Crippen molar-refractivity contribution in [3.63, 3.8) is 0 Å². The highest BCUT2D eigenvalue weighted by atomic mass is 32.2. The zero-order valence-electron chi connectivity index (χ0n) is 7.68. The van der Waals surface area contributed by atoms with E-state index in [0.717, 1.165) is 12.0 Å². The topological polar surface area (TPSA) is 0 Å². The van der Waals surface area contributed by atoms with Crippen molar-refractivity contribution in [2.75, 3.05) is 0 Å². The summed E-state index contributed by atoms with van der Waals surface area (Å²) in [7, 11) is 0. The molecule has 58 valence electrons. The lowest BCUT2D eigenvalue weighted by atomic mass is 9.73. The predicted octanol–water partition coefficient (Wildman–Crippen LogP) is 3.39. The Morgan fingerprint density at radius 2 is 1.70 bits per heavy atom. The standard InChI is InChI=1S/C7H18B2S/c1-5-7-9(4)10-8(3)6-2/h5-7H2,1-4H3. The maximum absolute atomic E-state index is 2.33. The minimum absolute atomic E-state index is 0.849. The summed E-state index contributed by atoms with van der Waals surface area (Å²) in [5.41, 5.74) is 0. The predicted molar refractivity (Wildman–Crippen MR) is 56.4 cm³/mol. The fraction of sp³-hybridized carbons (Fsp3) is 1.00. The lowest BCUT2D eigenvalue weighted by molar-refractivity contribution is 1.07. The second-order valence-corrected chi connectivity index (χ2v) is 4.84. The van der Waals surface area contributed by atoms with E-state index in [1.54, 1.807) is 0 Å². The largest absolute Gasteiger partial charge is 0.254 e. The first-order valence-corrected chi connectivity index (χ1v) is 5.30. The highest BCUT2D eigenvalue weighted by molar-refractivity contribution is 8.45. The molecule has 0 amide bonds. The second kappa shape index (κ2) is 6.21. The Morgan fingerprint density at radius 3 is 2.10 bits per heavy atom. The molecule has 0 aromatic heterocycles. The van der Waals surface area contributed by atoms with Gasteiger partial charge >= 0.3 is 0 Å². The van der Waals surface area contributed by atoms with E-state index in [9.17, 15) is 0 Å². The molecule has 0 aliphatic carbocycles. The van der Waals surface area contributed by atoms with Crippen molar-refractivity contribution in [3.05, 3.63) is 0 Å². The summed E-state index contributed by atoms with van der Waals surface area (Å²) in [4.78, 5) is 0. The summed E-state index contributed by atoms with van der Waals surface area (Å²) < 4.78 is 0. The summed E-state index contributed by atoms with van der Waals surface area (Å²) in [6.07, 6.45) is 4.00. The number of hydrogen-bond acceptors (Lipinski definition) is 1. The van der Waals surface area contributed by atoms with Crippen LogP contribution >= 0.6 is 11.5 Å². The van der Waals surface area contributed by atoms with E-state index in [2.05, 4.69) is 39.0 Å². The fourth-order valence-electron chi connectivity index (χ4n) is 0.967. The van der Waals surface area contributed by atoms with Crippen molar-refractivity contribution in [1.29, 1.82) is 0 Å². The zero-order valence-corrected chi connectivity index (χ0v) is 8.50. The molecule has 0 spiro atoms. The minimum atomic E-state index is 0.849. The first-order chi connectivity index (χ1) is 4.70. The van der Waals surface area contributed by atoms with Crippen molar-refractivity contribution >= 4 is 23.4 Å². The van der Waals surface area contributed by atoms with Crippen LogP contribution in [0.1, 0.15) is 20.3 Å². The molecule has 0 rings (SSSR count). The molecule has 0 saturated heterocycles. The van der Waals surface area contributed by atoms with E-state index in [1.165, 1.54) is 19.1 Å². The van der Waals surface area contributed by atoms with Crippen molar-refractivity contribution in [2.45, 2.75) is 46.6 Å². The molecular weight excluding hydrogens is 138 g/mol. The molecule has 0 heterocycles. The van der Waals surface area contributed by atoms with Gasteiger partial charge in [-0.3, -0.25) is 11.5 Å². The Morgan fingerprint density at radius 1 is 1.10 bits per heavy atom. The van der Waals surface area contributed by atoms with Crippen LogP contribution in [0.25, 0.3) is 0 Å². The third kappa shape index (κ3) is 5.28. The van der Waals surface area contributed by atoms with Crippen LogP contribution < -0.4 is 0 Å². The summed E-state index contributed by atoms with van der Waals surface area (Å²) in [6.45, 7) is 9.17. The Bertz CT molecular complexity index is 78.0. The molecule has 0 aliphatic heterocycles. The van der Waals surface area contributed by atoms with Crippen LogP contribution in [-0.4, -0.2) is 12.0 Å². The van der Waals surface area contributed by atoms with Gasteiger partial charge in [-0.15, -0.1) is 0 Å². The maximum atomic E-state index is 2.33. The van der Waals surface area contributed by atoms with Crippen molar-refractivity contribution < 1.29 is 0 Å². The molecule has 0 aromatic carbocycles. The Balaban J connectivity index is 3.27. The lowest BCUT2D eigenvalue weighted by Gasteiger charge is -2.09. The number of hydrogen-bond donors (Lipinski definition) is 0. The van der Waals surface area contributed by atoms with Crippen LogP contribution in [0, 0.1) is 0 Å². The molecule has 0 N–H and O–H groups in total. The van der Waals surface area contributed by atoms with Crippen LogP contribution in [0.2, 0.25) is 26.3 Å². The van der Waals surface area contributed by atoms with Crippen LogP contribution in [0.5, 0.6) is 0 Å². The molecular formula is C7H18B2S. The van der Waals surface area contributed by atoms with E-state index in [-0.39, 0.29) is 0 Å². The highest BCUT2D eigenvalue weighted by Crippen LogP contribution is 2.18. The van der Waals surface area contributed by atoms with Gasteiger partial charge < -0.3 is 0 Å².